The molecule has 0 bridgehead atoms. The van der Waals surface area contributed by atoms with Crippen LogP contribution < -0.4 is 15.0 Å². The zero-order chi connectivity index (χ0) is 50.1. The second-order valence-corrected chi connectivity index (χ2v) is 26.5. The molecule has 5 heteroatoms. The molecular weight excluding hydrogens is 925 g/mol. The van der Waals surface area contributed by atoms with Gasteiger partial charge in [-0.3, -0.25) is 0 Å². The molecular formula is C70H52N4Si. The Bertz CT molecular complexity index is 4650. The second kappa shape index (κ2) is 16.4. The van der Waals surface area contributed by atoms with Crippen LogP contribution in [0, 0.1) is 6.92 Å². The quantitative estimate of drug-likeness (QED) is 0.134. The molecule has 4 heterocycles. The molecule has 11 aromatic carbocycles. The standard InChI is InChI=1S/C70H52N4Si/c1-45-31-33-50(34-32-45)71(48-23-13-7-14-24-48)52-37-41-55-57-27-17-29-59-65-64(47-21-11-6-12-22-47)70-66(63(46-19-9-5-10-20-46)69(65)73(67(57)59)61(55)43-52)60-30-18-28-58-56-42-38-53(44-62(56)74(70)68(58)60)72(49-25-15-8-16-26-49)51-35-39-54(40-36-51)75(2,3)4/h5-44H,1-4H3. The number of aryl methyl sites for hydroxylation is 1. The van der Waals surface area contributed by atoms with Crippen molar-refractivity contribution in [1.29, 1.82) is 0 Å². The largest absolute Gasteiger partial charge is 0.310 e. The van der Waals surface area contributed by atoms with Crippen molar-refractivity contribution in [2.24, 2.45) is 0 Å². The lowest BCUT2D eigenvalue weighted by Gasteiger charge is -2.26. The fraction of sp³-hybridized carbons (Fsp3) is 0.0571. The average Bonchev–Trinajstić information content (AvgIpc) is 4.28. The molecule has 0 aliphatic carbocycles. The lowest BCUT2D eigenvalue weighted by Crippen LogP contribution is -2.37. The van der Waals surface area contributed by atoms with E-state index in [9.17, 15) is 0 Å². The van der Waals surface area contributed by atoms with Crippen molar-refractivity contribution in [2.45, 2.75) is 26.6 Å². The summed E-state index contributed by atoms with van der Waals surface area (Å²) in [7, 11) is -1.52. The molecule has 0 aliphatic heterocycles. The Kier molecular flexibility index (Phi) is 9.51. The van der Waals surface area contributed by atoms with E-state index in [1.54, 1.807) is 0 Å². The molecule has 4 nitrogen and oxygen atoms in total. The first-order valence-corrected chi connectivity index (χ1v) is 29.7. The monoisotopic (exact) mass is 976 g/mol. The van der Waals surface area contributed by atoms with Crippen molar-refractivity contribution in [3.63, 3.8) is 0 Å². The van der Waals surface area contributed by atoms with Gasteiger partial charge in [0.25, 0.3) is 0 Å². The Hall–Kier alpha value is -9.16. The van der Waals surface area contributed by atoms with Crippen molar-refractivity contribution >= 4 is 124 Å². The topological polar surface area (TPSA) is 15.3 Å². The molecule has 0 fully saturated rings. The van der Waals surface area contributed by atoms with Crippen LogP contribution in [0.25, 0.3) is 98.4 Å². The van der Waals surface area contributed by atoms with Crippen molar-refractivity contribution in [2.75, 3.05) is 9.80 Å². The van der Waals surface area contributed by atoms with Crippen LogP contribution in [-0.2, 0) is 0 Å². The Morgan fingerprint density at radius 1 is 0.307 bits per heavy atom. The summed E-state index contributed by atoms with van der Waals surface area (Å²) in [6.45, 7) is 9.41. The van der Waals surface area contributed by atoms with E-state index >= 15 is 0 Å². The zero-order valence-corrected chi connectivity index (χ0v) is 43.4. The van der Waals surface area contributed by atoms with Crippen LogP contribution in [0.4, 0.5) is 34.1 Å². The van der Waals surface area contributed by atoms with Gasteiger partial charge >= 0.3 is 0 Å². The molecule has 15 rings (SSSR count). The first-order valence-electron chi connectivity index (χ1n) is 26.2. The number of fused-ring (bicyclic) bond motifs is 12. The molecule has 0 radical (unpaired) electrons. The van der Waals surface area contributed by atoms with Gasteiger partial charge in [-0.2, -0.15) is 0 Å². The van der Waals surface area contributed by atoms with Gasteiger partial charge in [-0.25, -0.2) is 0 Å². The maximum absolute atomic E-state index is 2.63. The predicted octanol–water partition coefficient (Wildman–Crippen LogP) is 19.1. The fourth-order valence-electron chi connectivity index (χ4n) is 12.6. The SMILES string of the molecule is Cc1ccc(N(c2ccccc2)c2ccc3c4cccc5c6c(-c7ccccc7)c7c(c(-c8ccccc8)c6n(c3c2)c45)c2cccc3c4ccc(N(c5ccccc5)c5ccc([Si](C)(C)C)cc5)cc4n7c32)cc1. The van der Waals surface area contributed by atoms with Gasteiger partial charge in [-0.15, -0.1) is 0 Å². The van der Waals surface area contributed by atoms with Gasteiger partial charge in [-0.1, -0.05) is 200 Å². The van der Waals surface area contributed by atoms with Crippen LogP contribution in [0.3, 0.4) is 0 Å². The van der Waals surface area contributed by atoms with E-state index in [2.05, 4.69) is 288 Å². The van der Waals surface area contributed by atoms with Gasteiger partial charge in [0.05, 0.1) is 41.2 Å². The van der Waals surface area contributed by atoms with Crippen LogP contribution in [0.2, 0.25) is 19.6 Å². The van der Waals surface area contributed by atoms with E-state index in [1.807, 2.05) is 0 Å². The Balaban J connectivity index is 1.11. The summed E-state index contributed by atoms with van der Waals surface area (Å²) in [5.74, 6) is 0. The van der Waals surface area contributed by atoms with E-state index in [4.69, 9.17) is 0 Å². The van der Waals surface area contributed by atoms with Crippen molar-refractivity contribution in [3.8, 4) is 22.3 Å². The number of para-hydroxylation sites is 4. The summed E-state index contributed by atoms with van der Waals surface area (Å²) in [5, 5.41) is 11.5. The minimum absolute atomic E-state index is 1.11. The molecule has 4 aromatic heterocycles. The van der Waals surface area contributed by atoms with Gasteiger partial charge in [0.1, 0.15) is 0 Å². The van der Waals surface area contributed by atoms with Crippen LogP contribution in [0.1, 0.15) is 5.56 Å². The maximum atomic E-state index is 2.63. The van der Waals surface area contributed by atoms with Crippen molar-refractivity contribution in [1.82, 2.24) is 8.80 Å². The molecule has 15 aromatic rings. The highest BCUT2D eigenvalue weighted by Crippen LogP contribution is 2.55. The number of benzene rings is 11. The summed E-state index contributed by atoms with van der Waals surface area (Å²) < 4.78 is 5.26. The van der Waals surface area contributed by atoms with Crippen LogP contribution in [0.15, 0.2) is 243 Å². The van der Waals surface area contributed by atoms with Crippen LogP contribution in [0.5, 0.6) is 0 Å². The number of anilines is 6. The normalized spacial score (nSPS) is 12.3. The predicted molar refractivity (Wildman–Crippen MR) is 324 cm³/mol. The highest BCUT2D eigenvalue weighted by Gasteiger charge is 2.31. The third kappa shape index (κ3) is 6.48. The highest BCUT2D eigenvalue weighted by molar-refractivity contribution is 6.88. The minimum Gasteiger partial charge on any atom is -0.310 e. The molecule has 0 amide bonds. The van der Waals surface area contributed by atoms with Gasteiger partial charge in [0.15, 0.2) is 0 Å². The highest BCUT2D eigenvalue weighted by atomic mass is 28.3. The average molecular weight is 977 g/mol. The number of rotatable bonds is 9. The van der Waals surface area contributed by atoms with E-state index in [1.165, 1.54) is 109 Å². The number of hydrogen-bond donors (Lipinski definition) is 0. The molecule has 0 spiro atoms. The summed E-state index contributed by atoms with van der Waals surface area (Å²) in [6, 6.07) is 90.4. The Morgan fingerprint density at radius 3 is 1.08 bits per heavy atom. The van der Waals surface area contributed by atoms with Gasteiger partial charge in [-0.05, 0) is 90.8 Å². The molecule has 0 saturated carbocycles. The number of nitrogens with zero attached hydrogens (tertiary/aromatic N) is 4. The number of hydrogen-bond acceptors (Lipinski definition) is 2. The Labute approximate surface area is 436 Å². The summed E-state index contributed by atoms with van der Waals surface area (Å²) in [4.78, 5) is 4.82. The van der Waals surface area contributed by atoms with Crippen LogP contribution >= 0.6 is 0 Å². The van der Waals surface area contributed by atoms with E-state index in [-0.39, 0.29) is 0 Å². The van der Waals surface area contributed by atoms with Crippen molar-refractivity contribution in [3.05, 3.63) is 248 Å². The third-order valence-corrected chi connectivity index (χ3v) is 18.0. The van der Waals surface area contributed by atoms with Crippen LogP contribution in [-0.4, -0.2) is 16.9 Å². The maximum Gasteiger partial charge on any atom is 0.0775 e. The second-order valence-electron chi connectivity index (χ2n) is 21.4. The molecule has 0 aliphatic rings. The lowest BCUT2D eigenvalue weighted by molar-refractivity contribution is 1.27. The first kappa shape index (κ1) is 43.4. The Morgan fingerprint density at radius 2 is 0.667 bits per heavy atom. The molecule has 0 saturated heterocycles. The summed E-state index contributed by atoms with van der Waals surface area (Å²) in [5.41, 5.74) is 20.2. The fourth-order valence-corrected chi connectivity index (χ4v) is 13.7. The third-order valence-electron chi connectivity index (χ3n) is 15.9. The molecule has 356 valence electrons. The van der Waals surface area contributed by atoms with Gasteiger partial charge in [0, 0.05) is 88.3 Å². The first-order chi connectivity index (χ1) is 36.8. The van der Waals surface area contributed by atoms with E-state index < -0.39 is 8.07 Å². The molecule has 0 N–H and O–H groups in total. The minimum atomic E-state index is -1.52. The van der Waals surface area contributed by atoms with E-state index in [0.717, 1.165) is 34.1 Å². The van der Waals surface area contributed by atoms with Gasteiger partial charge in [0.2, 0.25) is 0 Å². The lowest BCUT2D eigenvalue weighted by atomic mass is 9.89. The zero-order valence-electron chi connectivity index (χ0n) is 42.4. The molecule has 0 unspecified atom stereocenters. The van der Waals surface area contributed by atoms with E-state index in [0.29, 0.717) is 0 Å². The smallest absolute Gasteiger partial charge is 0.0775 e. The molecule has 75 heavy (non-hydrogen) atoms. The molecule has 0 atom stereocenters. The van der Waals surface area contributed by atoms with Gasteiger partial charge < -0.3 is 18.6 Å². The number of aromatic nitrogens is 2. The van der Waals surface area contributed by atoms with Crippen molar-refractivity contribution < 1.29 is 0 Å². The summed E-state index contributed by atoms with van der Waals surface area (Å²) >= 11 is 0. The summed E-state index contributed by atoms with van der Waals surface area (Å²) in [6.07, 6.45) is 0.